The molecule has 13 heavy (non-hydrogen) atoms. The molecule has 2 heteroatoms. The molecule has 68 valence electrons. The number of nitrogens with two attached hydrogens (primary N) is 1. The van der Waals surface area contributed by atoms with Crippen molar-refractivity contribution in [1.82, 2.24) is 0 Å². The standard InChI is InChI=1S/C11H14N2/c1-8-6-9(4-5-10(8)13)11(2,3)7-12/h4-6H,13H2,1-3H3. The van der Waals surface area contributed by atoms with E-state index in [4.69, 9.17) is 11.0 Å². The Kier molecular flexibility index (Phi) is 2.29. The first-order valence-corrected chi connectivity index (χ1v) is 4.25. The Morgan fingerprint density at radius 1 is 1.38 bits per heavy atom. The fraction of sp³-hybridized carbons (Fsp3) is 0.364. The summed E-state index contributed by atoms with van der Waals surface area (Å²) >= 11 is 0. The summed E-state index contributed by atoms with van der Waals surface area (Å²) in [6, 6.07) is 7.99. The van der Waals surface area contributed by atoms with E-state index in [1.54, 1.807) is 0 Å². The van der Waals surface area contributed by atoms with E-state index in [-0.39, 0.29) is 0 Å². The van der Waals surface area contributed by atoms with Gasteiger partial charge < -0.3 is 5.73 Å². The largest absolute Gasteiger partial charge is 0.399 e. The second-order valence-electron chi connectivity index (χ2n) is 3.81. The summed E-state index contributed by atoms with van der Waals surface area (Å²) in [4.78, 5) is 0. The van der Waals surface area contributed by atoms with Crippen molar-refractivity contribution in [2.45, 2.75) is 26.2 Å². The van der Waals surface area contributed by atoms with Crippen molar-refractivity contribution in [2.24, 2.45) is 0 Å². The van der Waals surface area contributed by atoms with Gasteiger partial charge >= 0.3 is 0 Å². The summed E-state index contributed by atoms with van der Waals surface area (Å²) in [5, 5.41) is 8.93. The molecule has 0 heterocycles. The first-order chi connectivity index (χ1) is 5.97. The topological polar surface area (TPSA) is 49.8 Å². The Hall–Kier alpha value is -1.49. The molecule has 2 nitrogen and oxygen atoms in total. The van der Waals surface area contributed by atoms with E-state index in [2.05, 4.69) is 6.07 Å². The zero-order valence-corrected chi connectivity index (χ0v) is 8.26. The van der Waals surface area contributed by atoms with Crippen LogP contribution in [-0.2, 0) is 5.41 Å². The van der Waals surface area contributed by atoms with Gasteiger partial charge in [0.15, 0.2) is 0 Å². The molecule has 0 saturated heterocycles. The lowest BCUT2D eigenvalue weighted by Gasteiger charge is -2.16. The molecule has 1 aromatic carbocycles. The number of anilines is 1. The van der Waals surface area contributed by atoms with Gasteiger partial charge in [0, 0.05) is 5.69 Å². The molecule has 0 unspecified atom stereocenters. The highest BCUT2D eigenvalue weighted by atomic mass is 14.6. The van der Waals surface area contributed by atoms with Gasteiger partial charge in [-0.2, -0.15) is 5.26 Å². The summed E-state index contributed by atoms with van der Waals surface area (Å²) in [5.41, 5.74) is 8.08. The van der Waals surface area contributed by atoms with Crippen molar-refractivity contribution in [1.29, 1.82) is 5.26 Å². The van der Waals surface area contributed by atoms with E-state index in [0.717, 1.165) is 16.8 Å². The van der Waals surface area contributed by atoms with E-state index in [0.29, 0.717) is 0 Å². The maximum atomic E-state index is 8.93. The molecule has 0 atom stereocenters. The zero-order chi connectivity index (χ0) is 10.1. The van der Waals surface area contributed by atoms with Crippen LogP contribution in [0.15, 0.2) is 18.2 Å². The third-order valence-electron chi connectivity index (χ3n) is 2.27. The molecule has 0 saturated carbocycles. The van der Waals surface area contributed by atoms with Gasteiger partial charge in [0.1, 0.15) is 0 Å². The summed E-state index contributed by atoms with van der Waals surface area (Å²) in [6.45, 7) is 5.75. The van der Waals surface area contributed by atoms with Gasteiger partial charge in [-0.25, -0.2) is 0 Å². The lowest BCUT2D eigenvalue weighted by molar-refractivity contribution is 0.686. The molecular weight excluding hydrogens is 160 g/mol. The van der Waals surface area contributed by atoms with Gasteiger partial charge in [-0.3, -0.25) is 0 Å². The van der Waals surface area contributed by atoms with Gasteiger partial charge in [-0.1, -0.05) is 12.1 Å². The lowest BCUT2D eigenvalue weighted by Crippen LogP contribution is -2.14. The number of nitrogen functional groups attached to an aromatic ring is 1. The highest BCUT2D eigenvalue weighted by Gasteiger charge is 2.19. The van der Waals surface area contributed by atoms with Crippen LogP contribution in [-0.4, -0.2) is 0 Å². The van der Waals surface area contributed by atoms with Gasteiger partial charge in [0.2, 0.25) is 0 Å². The molecule has 0 aliphatic rings. The summed E-state index contributed by atoms with van der Waals surface area (Å²) in [7, 11) is 0. The van der Waals surface area contributed by atoms with Crippen LogP contribution in [0.25, 0.3) is 0 Å². The average Bonchev–Trinajstić information content (AvgIpc) is 2.09. The van der Waals surface area contributed by atoms with Gasteiger partial charge in [0.05, 0.1) is 11.5 Å². The molecule has 2 N–H and O–H groups in total. The molecule has 0 bridgehead atoms. The predicted molar refractivity (Wildman–Crippen MR) is 54.2 cm³/mol. The molecule has 1 rings (SSSR count). The molecule has 0 amide bonds. The third-order valence-corrected chi connectivity index (χ3v) is 2.27. The smallest absolute Gasteiger partial charge is 0.0766 e. The Morgan fingerprint density at radius 2 is 2.00 bits per heavy atom. The number of nitriles is 1. The second kappa shape index (κ2) is 3.10. The van der Waals surface area contributed by atoms with Crippen LogP contribution < -0.4 is 5.73 Å². The fourth-order valence-corrected chi connectivity index (χ4v) is 1.13. The molecular formula is C11H14N2. The van der Waals surface area contributed by atoms with Gasteiger partial charge in [-0.15, -0.1) is 0 Å². The Labute approximate surface area is 79.0 Å². The molecule has 0 spiro atoms. The van der Waals surface area contributed by atoms with E-state index < -0.39 is 5.41 Å². The van der Waals surface area contributed by atoms with Crippen LogP contribution in [0.4, 0.5) is 5.69 Å². The minimum Gasteiger partial charge on any atom is -0.399 e. The van der Waals surface area contributed by atoms with Crippen LogP contribution >= 0.6 is 0 Å². The number of benzene rings is 1. The van der Waals surface area contributed by atoms with Crippen molar-refractivity contribution < 1.29 is 0 Å². The summed E-state index contributed by atoms with van der Waals surface area (Å²) in [6.07, 6.45) is 0. The SMILES string of the molecule is Cc1cc(C(C)(C)C#N)ccc1N. The van der Waals surface area contributed by atoms with Gasteiger partial charge in [-0.05, 0) is 38.0 Å². The number of hydrogen-bond donors (Lipinski definition) is 1. The molecule has 0 aliphatic heterocycles. The summed E-state index contributed by atoms with van der Waals surface area (Å²) < 4.78 is 0. The maximum Gasteiger partial charge on any atom is 0.0766 e. The van der Waals surface area contributed by atoms with Crippen LogP contribution in [0.3, 0.4) is 0 Å². The first kappa shape index (κ1) is 9.60. The monoisotopic (exact) mass is 174 g/mol. The minimum atomic E-state index is -0.432. The molecule has 0 aliphatic carbocycles. The first-order valence-electron chi connectivity index (χ1n) is 4.25. The van der Waals surface area contributed by atoms with Crippen LogP contribution in [0.5, 0.6) is 0 Å². The number of aryl methyl sites for hydroxylation is 1. The van der Waals surface area contributed by atoms with Crippen molar-refractivity contribution in [2.75, 3.05) is 5.73 Å². The normalized spacial score (nSPS) is 10.9. The molecule has 0 aromatic heterocycles. The average molecular weight is 174 g/mol. The lowest BCUT2D eigenvalue weighted by atomic mass is 9.85. The van der Waals surface area contributed by atoms with Crippen molar-refractivity contribution in [3.05, 3.63) is 29.3 Å². The highest BCUT2D eigenvalue weighted by Crippen LogP contribution is 2.24. The number of rotatable bonds is 1. The number of hydrogen-bond acceptors (Lipinski definition) is 2. The number of nitrogens with zero attached hydrogens (tertiary/aromatic N) is 1. The van der Waals surface area contributed by atoms with Gasteiger partial charge in [0.25, 0.3) is 0 Å². The fourth-order valence-electron chi connectivity index (χ4n) is 1.13. The van der Waals surface area contributed by atoms with Crippen LogP contribution in [0, 0.1) is 18.3 Å². The Morgan fingerprint density at radius 3 is 2.46 bits per heavy atom. The minimum absolute atomic E-state index is 0.432. The molecule has 1 aromatic rings. The second-order valence-corrected chi connectivity index (χ2v) is 3.81. The van der Waals surface area contributed by atoms with Crippen molar-refractivity contribution in [3.8, 4) is 6.07 Å². The third kappa shape index (κ3) is 1.81. The maximum absolute atomic E-state index is 8.93. The highest BCUT2D eigenvalue weighted by molar-refractivity contribution is 5.49. The van der Waals surface area contributed by atoms with E-state index in [1.165, 1.54) is 0 Å². The van der Waals surface area contributed by atoms with E-state index in [9.17, 15) is 0 Å². The van der Waals surface area contributed by atoms with E-state index >= 15 is 0 Å². The van der Waals surface area contributed by atoms with Crippen LogP contribution in [0.1, 0.15) is 25.0 Å². The molecule has 0 fully saturated rings. The zero-order valence-electron chi connectivity index (χ0n) is 8.26. The Balaban J connectivity index is 3.20. The van der Waals surface area contributed by atoms with Crippen molar-refractivity contribution >= 4 is 5.69 Å². The Bertz CT molecular complexity index is 359. The summed E-state index contributed by atoms with van der Waals surface area (Å²) in [5.74, 6) is 0. The van der Waals surface area contributed by atoms with Crippen molar-refractivity contribution in [3.63, 3.8) is 0 Å². The van der Waals surface area contributed by atoms with E-state index in [1.807, 2.05) is 39.0 Å². The molecule has 0 radical (unpaired) electrons. The predicted octanol–water partition coefficient (Wildman–Crippen LogP) is 2.38. The van der Waals surface area contributed by atoms with Crippen LogP contribution in [0.2, 0.25) is 0 Å². The quantitative estimate of drug-likeness (QED) is 0.664.